The molecule has 0 fully saturated rings. The summed E-state index contributed by atoms with van der Waals surface area (Å²) < 4.78 is 2.29. The molecule has 0 saturated heterocycles. The molecule has 3 heteroatoms. The fraction of sp³-hybridized carbons (Fsp3) is 0.0227. The Kier molecular flexibility index (Phi) is 6.10. The van der Waals surface area contributed by atoms with Crippen LogP contribution in [0.2, 0.25) is 0 Å². The summed E-state index contributed by atoms with van der Waals surface area (Å²) >= 11 is 0. The van der Waals surface area contributed by atoms with Gasteiger partial charge in [-0.25, -0.2) is 4.85 Å². The Labute approximate surface area is 274 Å². The van der Waals surface area contributed by atoms with Gasteiger partial charge in [-0.1, -0.05) is 133 Å². The average Bonchev–Trinajstić information content (AvgIpc) is 3.49. The zero-order valence-corrected chi connectivity index (χ0v) is 25.6. The Hall–Kier alpha value is -6.37. The maximum Gasteiger partial charge on any atom is 0.191 e. The van der Waals surface area contributed by atoms with Crippen molar-refractivity contribution in [1.29, 1.82) is 0 Å². The maximum atomic E-state index is 8.18. The van der Waals surface area contributed by atoms with Crippen LogP contribution >= 0.6 is 0 Å². The first-order valence-corrected chi connectivity index (χ1v) is 15.9. The molecule has 0 amide bonds. The monoisotopic (exact) mass is 599 g/mol. The van der Waals surface area contributed by atoms with Crippen molar-refractivity contribution in [2.75, 3.05) is 4.90 Å². The molecule has 7 aromatic carbocycles. The van der Waals surface area contributed by atoms with Crippen molar-refractivity contribution in [3.63, 3.8) is 0 Å². The Bertz CT molecular complexity index is 2340. The fourth-order valence-corrected chi connectivity index (χ4v) is 7.79. The van der Waals surface area contributed by atoms with Crippen LogP contribution in [0.5, 0.6) is 0 Å². The number of anilines is 3. The number of fused-ring (bicyclic) bond motifs is 5. The number of rotatable bonds is 4. The van der Waals surface area contributed by atoms with Gasteiger partial charge in [-0.15, -0.1) is 0 Å². The normalized spacial score (nSPS) is 13.2. The molecule has 0 saturated carbocycles. The zero-order chi connectivity index (χ0) is 31.4. The number of benzene rings is 7. The van der Waals surface area contributed by atoms with Gasteiger partial charge >= 0.3 is 0 Å². The summed E-state index contributed by atoms with van der Waals surface area (Å²) in [5.41, 5.74) is 11.2. The minimum atomic E-state index is -0.542. The number of hydrogen-bond donors (Lipinski definition) is 0. The SMILES string of the molecule is [C-]#[N+]c1cc(N2c3ccccc3C(c3ccccc3)(c3ccccc3)c3ccccc32)cc(-n2c3ccccc3c3ccccc32)c1. The molecular weight excluding hydrogens is 571 g/mol. The van der Waals surface area contributed by atoms with E-state index in [9.17, 15) is 0 Å². The zero-order valence-electron chi connectivity index (χ0n) is 25.6. The van der Waals surface area contributed by atoms with Crippen LogP contribution in [0.3, 0.4) is 0 Å². The highest BCUT2D eigenvalue weighted by molar-refractivity contribution is 6.09. The highest BCUT2D eigenvalue weighted by atomic mass is 15.2. The van der Waals surface area contributed by atoms with Gasteiger partial charge in [0.2, 0.25) is 0 Å². The molecule has 1 aliphatic rings. The van der Waals surface area contributed by atoms with E-state index in [2.05, 4.69) is 178 Å². The quantitative estimate of drug-likeness (QED) is 0.183. The minimum absolute atomic E-state index is 0.542. The maximum absolute atomic E-state index is 8.18. The minimum Gasteiger partial charge on any atom is -0.311 e. The van der Waals surface area contributed by atoms with Gasteiger partial charge in [-0.05, 0) is 64.7 Å². The van der Waals surface area contributed by atoms with Crippen LogP contribution in [-0.4, -0.2) is 4.57 Å². The van der Waals surface area contributed by atoms with Crippen molar-refractivity contribution < 1.29 is 0 Å². The standard InChI is InChI=1S/C44H29N3/c1-45-33-28-34(46-40-24-12-8-20-36(40)37-21-9-13-25-41(37)46)30-35(29-33)47-42-26-14-10-22-38(42)44(31-16-4-2-5-17-31,32-18-6-3-7-19-32)39-23-11-15-27-43(39)47/h2-30H. The van der Waals surface area contributed by atoms with Crippen LogP contribution in [0.15, 0.2) is 176 Å². The molecule has 220 valence electrons. The van der Waals surface area contributed by atoms with E-state index in [1.54, 1.807) is 0 Å². The fourth-order valence-electron chi connectivity index (χ4n) is 7.79. The number of nitrogens with zero attached hydrogens (tertiary/aromatic N) is 3. The highest BCUT2D eigenvalue weighted by Crippen LogP contribution is 2.57. The molecule has 0 N–H and O–H groups in total. The molecular formula is C44H29N3. The van der Waals surface area contributed by atoms with Gasteiger partial charge in [-0.3, -0.25) is 0 Å². The van der Waals surface area contributed by atoms with Crippen LogP contribution in [0, 0.1) is 6.57 Å². The number of para-hydroxylation sites is 4. The summed E-state index contributed by atoms with van der Waals surface area (Å²) in [5.74, 6) is 0. The first kappa shape index (κ1) is 27.0. The van der Waals surface area contributed by atoms with Gasteiger partial charge in [0.25, 0.3) is 0 Å². The van der Waals surface area contributed by atoms with Crippen molar-refractivity contribution in [3.05, 3.63) is 210 Å². The third kappa shape index (κ3) is 3.92. The van der Waals surface area contributed by atoms with E-state index in [-0.39, 0.29) is 0 Å². The van der Waals surface area contributed by atoms with Gasteiger partial charge in [-0.2, -0.15) is 0 Å². The lowest BCUT2D eigenvalue weighted by molar-refractivity contribution is 0.731. The van der Waals surface area contributed by atoms with Crippen LogP contribution in [-0.2, 0) is 5.41 Å². The van der Waals surface area contributed by atoms with Gasteiger partial charge in [0.15, 0.2) is 5.69 Å². The molecule has 1 aliphatic heterocycles. The summed E-state index contributed by atoms with van der Waals surface area (Å²) in [6.45, 7) is 8.18. The van der Waals surface area contributed by atoms with Gasteiger partial charge in [0.05, 0.1) is 34.4 Å². The molecule has 0 radical (unpaired) electrons. The molecule has 1 aromatic heterocycles. The van der Waals surface area contributed by atoms with E-state index in [0.717, 1.165) is 33.8 Å². The van der Waals surface area contributed by atoms with Gasteiger partial charge < -0.3 is 9.47 Å². The van der Waals surface area contributed by atoms with Gasteiger partial charge in [0.1, 0.15) is 0 Å². The predicted octanol–water partition coefficient (Wildman–Crippen LogP) is 11.5. The van der Waals surface area contributed by atoms with Crippen molar-refractivity contribution in [2.24, 2.45) is 0 Å². The second-order valence-corrected chi connectivity index (χ2v) is 12.0. The summed E-state index contributed by atoms with van der Waals surface area (Å²) in [6, 6.07) is 62.5. The van der Waals surface area contributed by atoms with E-state index in [1.165, 1.54) is 33.0 Å². The van der Waals surface area contributed by atoms with Crippen LogP contribution in [0.1, 0.15) is 22.3 Å². The largest absolute Gasteiger partial charge is 0.311 e. The van der Waals surface area contributed by atoms with E-state index in [4.69, 9.17) is 6.57 Å². The van der Waals surface area contributed by atoms with Crippen molar-refractivity contribution in [2.45, 2.75) is 5.41 Å². The summed E-state index contributed by atoms with van der Waals surface area (Å²) in [5, 5.41) is 2.39. The number of hydrogen-bond acceptors (Lipinski definition) is 1. The average molecular weight is 600 g/mol. The van der Waals surface area contributed by atoms with E-state index in [0.29, 0.717) is 5.69 Å². The van der Waals surface area contributed by atoms with Crippen molar-refractivity contribution in [1.82, 2.24) is 4.57 Å². The predicted molar refractivity (Wildman–Crippen MR) is 194 cm³/mol. The lowest BCUT2D eigenvalue weighted by Crippen LogP contribution is -2.37. The van der Waals surface area contributed by atoms with Crippen LogP contribution in [0.25, 0.3) is 32.3 Å². The third-order valence-corrected chi connectivity index (χ3v) is 9.62. The summed E-state index contributed by atoms with van der Waals surface area (Å²) in [4.78, 5) is 6.35. The molecule has 0 spiro atoms. The molecule has 0 unspecified atom stereocenters. The topological polar surface area (TPSA) is 12.5 Å². The Morgan fingerprint density at radius 3 is 1.43 bits per heavy atom. The second-order valence-electron chi connectivity index (χ2n) is 12.0. The third-order valence-electron chi connectivity index (χ3n) is 9.62. The summed E-state index contributed by atoms with van der Waals surface area (Å²) in [6.07, 6.45) is 0. The Morgan fingerprint density at radius 2 is 0.894 bits per heavy atom. The van der Waals surface area contributed by atoms with E-state index in [1.807, 2.05) is 12.1 Å². The van der Waals surface area contributed by atoms with E-state index >= 15 is 0 Å². The number of aromatic nitrogens is 1. The molecule has 47 heavy (non-hydrogen) atoms. The van der Waals surface area contributed by atoms with Gasteiger partial charge in [0, 0.05) is 22.1 Å². The smallest absolute Gasteiger partial charge is 0.191 e. The van der Waals surface area contributed by atoms with Crippen molar-refractivity contribution in [3.8, 4) is 5.69 Å². The highest BCUT2D eigenvalue weighted by Gasteiger charge is 2.46. The Morgan fingerprint density at radius 1 is 0.447 bits per heavy atom. The summed E-state index contributed by atoms with van der Waals surface area (Å²) in [7, 11) is 0. The molecule has 0 aliphatic carbocycles. The first-order valence-electron chi connectivity index (χ1n) is 15.9. The molecule has 0 bridgehead atoms. The first-order chi connectivity index (χ1) is 23.3. The molecule has 2 heterocycles. The molecule has 0 atom stereocenters. The molecule has 3 nitrogen and oxygen atoms in total. The lowest BCUT2D eigenvalue weighted by Gasteiger charge is -2.46. The van der Waals surface area contributed by atoms with Crippen molar-refractivity contribution >= 4 is 44.6 Å². The van der Waals surface area contributed by atoms with Crippen LogP contribution < -0.4 is 4.90 Å². The molecule has 8 aromatic rings. The second kappa shape index (κ2) is 10.6. The van der Waals surface area contributed by atoms with E-state index < -0.39 is 5.41 Å². The molecule has 9 rings (SSSR count). The Balaban J connectivity index is 1.36. The van der Waals surface area contributed by atoms with Crippen LogP contribution in [0.4, 0.5) is 22.7 Å². The lowest BCUT2D eigenvalue weighted by atomic mass is 9.62.